The number of methoxy groups -OCH3 is 1. The topological polar surface area (TPSA) is 90.1 Å². The van der Waals surface area contributed by atoms with Crippen LogP contribution in [0.2, 0.25) is 0 Å². The van der Waals surface area contributed by atoms with Crippen LogP contribution in [0.3, 0.4) is 0 Å². The first-order valence-corrected chi connectivity index (χ1v) is 7.82. The Labute approximate surface area is 145 Å². The van der Waals surface area contributed by atoms with Crippen LogP contribution in [0, 0.1) is 6.92 Å². The van der Waals surface area contributed by atoms with Gasteiger partial charge in [0.2, 0.25) is 5.89 Å². The summed E-state index contributed by atoms with van der Waals surface area (Å²) >= 11 is 0. The second-order valence-corrected chi connectivity index (χ2v) is 5.41. The summed E-state index contributed by atoms with van der Waals surface area (Å²) in [5.74, 6) is 1.14. The summed E-state index contributed by atoms with van der Waals surface area (Å²) in [5.41, 5.74) is 2.77. The molecule has 7 nitrogen and oxygen atoms in total. The van der Waals surface area contributed by atoms with Crippen LogP contribution in [-0.2, 0) is 6.42 Å². The fourth-order valence-electron chi connectivity index (χ4n) is 2.33. The maximum absolute atomic E-state index is 12.1. The lowest BCUT2D eigenvalue weighted by Gasteiger charge is -2.05. The van der Waals surface area contributed by atoms with Crippen LogP contribution < -0.4 is 10.1 Å². The average Bonchev–Trinajstić information content (AvgIpc) is 3.11. The Kier molecular flexibility index (Phi) is 5.03. The Hall–Kier alpha value is -3.22. The van der Waals surface area contributed by atoms with Crippen molar-refractivity contribution in [3.05, 3.63) is 59.7 Å². The third-order valence-electron chi connectivity index (χ3n) is 3.71. The number of hydrogen-bond donors (Lipinski definition) is 1. The number of amides is 1. The van der Waals surface area contributed by atoms with Crippen molar-refractivity contribution < 1.29 is 13.9 Å². The number of benzene rings is 1. The Morgan fingerprint density at radius 1 is 1.24 bits per heavy atom. The van der Waals surface area contributed by atoms with E-state index in [1.54, 1.807) is 26.4 Å². The molecule has 1 amide bonds. The summed E-state index contributed by atoms with van der Waals surface area (Å²) in [5, 5.41) is 10.5. The molecular formula is C18H18N4O3. The molecule has 1 aromatic carbocycles. The van der Waals surface area contributed by atoms with E-state index in [0.29, 0.717) is 30.1 Å². The highest BCUT2D eigenvalue weighted by Gasteiger charge is 2.10. The smallest absolute Gasteiger partial charge is 0.253 e. The third-order valence-corrected chi connectivity index (χ3v) is 3.71. The van der Waals surface area contributed by atoms with Crippen molar-refractivity contribution in [3.8, 4) is 17.2 Å². The van der Waals surface area contributed by atoms with Crippen LogP contribution in [0.1, 0.15) is 21.7 Å². The van der Waals surface area contributed by atoms with Gasteiger partial charge in [-0.25, -0.2) is 4.98 Å². The van der Waals surface area contributed by atoms with E-state index in [9.17, 15) is 4.79 Å². The molecule has 7 heteroatoms. The number of ether oxygens (including phenoxy) is 1. The molecule has 1 N–H and O–H groups in total. The number of nitrogens with zero attached hydrogens (tertiary/aromatic N) is 3. The summed E-state index contributed by atoms with van der Waals surface area (Å²) in [7, 11) is 1.62. The van der Waals surface area contributed by atoms with Crippen molar-refractivity contribution in [2.24, 2.45) is 0 Å². The van der Waals surface area contributed by atoms with E-state index < -0.39 is 0 Å². The fourth-order valence-corrected chi connectivity index (χ4v) is 2.33. The fraction of sp³-hybridized carbons (Fsp3) is 0.222. The minimum atomic E-state index is -0.175. The summed E-state index contributed by atoms with van der Waals surface area (Å²) < 4.78 is 10.6. The van der Waals surface area contributed by atoms with Crippen LogP contribution in [0.5, 0.6) is 5.75 Å². The quantitative estimate of drug-likeness (QED) is 0.742. The molecule has 0 atom stereocenters. The second-order valence-electron chi connectivity index (χ2n) is 5.41. The Bertz CT molecular complexity index is 859. The number of rotatable bonds is 6. The molecule has 0 saturated heterocycles. The van der Waals surface area contributed by atoms with Gasteiger partial charge in [-0.2, -0.15) is 10.2 Å². The van der Waals surface area contributed by atoms with E-state index in [1.165, 1.54) is 6.20 Å². The number of hydrogen-bond acceptors (Lipinski definition) is 6. The zero-order chi connectivity index (χ0) is 17.6. The predicted molar refractivity (Wildman–Crippen MR) is 91.3 cm³/mol. The SMILES string of the molecule is COc1ccc(-c2nc(CCNC(=O)c3ccnnc3C)co2)cc1. The van der Waals surface area contributed by atoms with Gasteiger partial charge in [-0.15, -0.1) is 0 Å². The number of aryl methyl sites for hydroxylation is 1. The zero-order valence-corrected chi connectivity index (χ0v) is 14.0. The molecule has 0 saturated carbocycles. The highest BCUT2D eigenvalue weighted by Crippen LogP contribution is 2.21. The van der Waals surface area contributed by atoms with Gasteiger partial charge in [0.15, 0.2) is 0 Å². The summed E-state index contributed by atoms with van der Waals surface area (Å²) in [4.78, 5) is 16.6. The molecule has 0 aliphatic heterocycles. The molecule has 0 radical (unpaired) electrons. The Balaban J connectivity index is 1.56. The molecule has 0 unspecified atom stereocenters. The normalized spacial score (nSPS) is 10.5. The van der Waals surface area contributed by atoms with Crippen LogP contribution in [0.15, 0.2) is 47.2 Å². The molecule has 2 aromatic heterocycles. The number of aromatic nitrogens is 3. The van der Waals surface area contributed by atoms with Gasteiger partial charge in [0.25, 0.3) is 5.91 Å². The summed E-state index contributed by atoms with van der Waals surface area (Å²) in [6, 6.07) is 9.12. The predicted octanol–water partition coefficient (Wildman–Crippen LogP) is 2.42. The lowest BCUT2D eigenvalue weighted by molar-refractivity contribution is 0.0953. The molecule has 0 aliphatic rings. The van der Waals surface area contributed by atoms with Crippen LogP contribution >= 0.6 is 0 Å². The standard InChI is InChI=1S/C18H18N4O3/c1-12-16(8-10-20-22-12)17(23)19-9-7-14-11-25-18(21-14)13-3-5-15(24-2)6-4-13/h3-6,8,10-11H,7,9H2,1-2H3,(H,19,23). The number of carbonyl (C=O) groups excluding carboxylic acids is 1. The van der Waals surface area contributed by atoms with Gasteiger partial charge in [-0.3, -0.25) is 4.79 Å². The van der Waals surface area contributed by atoms with E-state index >= 15 is 0 Å². The van der Waals surface area contributed by atoms with Crippen molar-refractivity contribution >= 4 is 5.91 Å². The molecule has 0 bridgehead atoms. The first kappa shape index (κ1) is 16.6. The first-order chi connectivity index (χ1) is 12.2. The maximum atomic E-state index is 12.1. The molecule has 2 heterocycles. The van der Waals surface area contributed by atoms with Crippen molar-refractivity contribution in [2.75, 3.05) is 13.7 Å². The second kappa shape index (κ2) is 7.57. The van der Waals surface area contributed by atoms with Crippen molar-refractivity contribution in [2.45, 2.75) is 13.3 Å². The summed E-state index contributed by atoms with van der Waals surface area (Å²) in [6.45, 7) is 2.20. The van der Waals surface area contributed by atoms with E-state index in [1.807, 2.05) is 24.3 Å². The zero-order valence-electron chi connectivity index (χ0n) is 14.0. The molecule has 25 heavy (non-hydrogen) atoms. The van der Waals surface area contributed by atoms with Crippen molar-refractivity contribution in [3.63, 3.8) is 0 Å². The molecule has 0 aliphatic carbocycles. The summed E-state index contributed by atoms with van der Waals surface area (Å²) in [6.07, 6.45) is 3.68. The van der Waals surface area contributed by atoms with E-state index in [-0.39, 0.29) is 5.91 Å². The molecule has 3 aromatic rings. The highest BCUT2D eigenvalue weighted by molar-refractivity contribution is 5.94. The van der Waals surface area contributed by atoms with E-state index in [4.69, 9.17) is 9.15 Å². The number of oxazole rings is 1. The van der Waals surface area contributed by atoms with Gasteiger partial charge in [0, 0.05) is 18.5 Å². The first-order valence-electron chi connectivity index (χ1n) is 7.82. The van der Waals surface area contributed by atoms with Crippen molar-refractivity contribution in [1.82, 2.24) is 20.5 Å². The Morgan fingerprint density at radius 2 is 2.04 bits per heavy atom. The van der Waals surface area contributed by atoms with Crippen LogP contribution in [0.25, 0.3) is 11.5 Å². The number of nitrogens with one attached hydrogen (secondary N) is 1. The van der Waals surface area contributed by atoms with Crippen molar-refractivity contribution in [1.29, 1.82) is 0 Å². The third kappa shape index (κ3) is 4.00. The minimum Gasteiger partial charge on any atom is -0.497 e. The van der Waals surface area contributed by atoms with Gasteiger partial charge in [-0.1, -0.05) is 0 Å². The lowest BCUT2D eigenvalue weighted by Crippen LogP contribution is -2.26. The molecule has 128 valence electrons. The molecule has 0 spiro atoms. The number of carbonyl (C=O) groups is 1. The van der Waals surface area contributed by atoms with Gasteiger partial charge in [-0.05, 0) is 37.3 Å². The van der Waals surface area contributed by atoms with Gasteiger partial charge >= 0.3 is 0 Å². The molecular weight excluding hydrogens is 320 g/mol. The van der Waals surface area contributed by atoms with Gasteiger partial charge < -0.3 is 14.5 Å². The molecule has 0 fully saturated rings. The largest absolute Gasteiger partial charge is 0.497 e. The highest BCUT2D eigenvalue weighted by atomic mass is 16.5. The molecule has 3 rings (SSSR count). The van der Waals surface area contributed by atoms with Gasteiger partial charge in [0.05, 0.1) is 30.3 Å². The maximum Gasteiger partial charge on any atom is 0.253 e. The van der Waals surface area contributed by atoms with Crippen LogP contribution in [0.4, 0.5) is 0 Å². The minimum absolute atomic E-state index is 0.175. The Morgan fingerprint density at radius 3 is 2.76 bits per heavy atom. The van der Waals surface area contributed by atoms with E-state index in [0.717, 1.165) is 17.0 Å². The van der Waals surface area contributed by atoms with E-state index in [2.05, 4.69) is 20.5 Å². The van der Waals surface area contributed by atoms with Gasteiger partial charge in [0.1, 0.15) is 12.0 Å². The average molecular weight is 338 g/mol. The monoisotopic (exact) mass is 338 g/mol. The lowest BCUT2D eigenvalue weighted by atomic mass is 10.2. The van der Waals surface area contributed by atoms with Crippen LogP contribution in [-0.4, -0.2) is 34.7 Å².